The molecule has 124 valence electrons. The topological polar surface area (TPSA) is 63.6 Å². The minimum absolute atomic E-state index is 0.229. The first-order valence-electron chi connectivity index (χ1n) is 7.74. The van der Waals surface area contributed by atoms with Crippen LogP contribution >= 0.6 is 22.6 Å². The van der Waals surface area contributed by atoms with Gasteiger partial charge >= 0.3 is 11.9 Å². The fraction of sp³-hybridized carbons (Fsp3) is 0.263. The third-order valence-corrected chi connectivity index (χ3v) is 5.05. The summed E-state index contributed by atoms with van der Waals surface area (Å²) in [4.78, 5) is 23.5. The summed E-state index contributed by atoms with van der Waals surface area (Å²) in [5, 5.41) is 10.6. The molecule has 0 aliphatic heterocycles. The van der Waals surface area contributed by atoms with Gasteiger partial charge in [0.25, 0.3) is 0 Å². The molecule has 0 bridgehead atoms. The number of fused-ring (bicyclic) bond motifs is 1. The van der Waals surface area contributed by atoms with Gasteiger partial charge in [-0.3, -0.25) is 0 Å². The van der Waals surface area contributed by atoms with Gasteiger partial charge in [-0.05, 0) is 93.5 Å². The number of hydrogen-bond donors (Lipinski definition) is 1. The SMILES string of the molecule is CC1(OC(=O)c2ccc3cc(C(=O)O)ccc3c2)C=C(I)CCC1. The zero-order valence-corrected chi connectivity index (χ0v) is 15.4. The number of carbonyl (C=O) groups excluding carboxylic acids is 1. The van der Waals surface area contributed by atoms with Gasteiger partial charge in [0.1, 0.15) is 5.60 Å². The number of hydrogen-bond acceptors (Lipinski definition) is 3. The number of rotatable bonds is 3. The van der Waals surface area contributed by atoms with E-state index in [1.807, 2.05) is 13.0 Å². The Balaban J connectivity index is 1.86. The highest BCUT2D eigenvalue weighted by Crippen LogP contribution is 2.33. The van der Waals surface area contributed by atoms with E-state index >= 15 is 0 Å². The smallest absolute Gasteiger partial charge is 0.339 e. The summed E-state index contributed by atoms with van der Waals surface area (Å²) in [6.07, 6.45) is 4.89. The molecule has 0 aromatic heterocycles. The van der Waals surface area contributed by atoms with Gasteiger partial charge < -0.3 is 9.84 Å². The average molecular weight is 436 g/mol. The van der Waals surface area contributed by atoms with E-state index in [-0.39, 0.29) is 11.5 Å². The number of esters is 1. The largest absolute Gasteiger partial charge is 0.478 e. The first kappa shape index (κ1) is 17.0. The van der Waals surface area contributed by atoms with Crippen molar-refractivity contribution in [1.29, 1.82) is 0 Å². The molecule has 2 aromatic carbocycles. The lowest BCUT2D eigenvalue weighted by Gasteiger charge is -2.30. The predicted molar refractivity (Wildman–Crippen MR) is 101 cm³/mol. The first-order chi connectivity index (χ1) is 11.4. The molecular weight excluding hydrogens is 419 g/mol. The lowest BCUT2D eigenvalue weighted by atomic mass is 9.92. The Labute approximate surface area is 153 Å². The Kier molecular flexibility index (Phi) is 4.62. The highest BCUT2D eigenvalue weighted by Gasteiger charge is 2.29. The number of halogens is 1. The van der Waals surface area contributed by atoms with Gasteiger partial charge in [-0.15, -0.1) is 0 Å². The molecule has 1 aliphatic carbocycles. The van der Waals surface area contributed by atoms with Gasteiger partial charge in [0, 0.05) is 0 Å². The van der Waals surface area contributed by atoms with Crippen molar-refractivity contribution in [2.24, 2.45) is 0 Å². The molecule has 1 N–H and O–H groups in total. The molecule has 0 radical (unpaired) electrons. The number of carboxylic acids is 1. The molecule has 5 heteroatoms. The molecule has 1 atom stereocenters. The second kappa shape index (κ2) is 6.55. The normalized spacial score (nSPS) is 20.5. The third-order valence-electron chi connectivity index (χ3n) is 4.20. The number of ether oxygens (including phenoxy) is 1. The monoisotopic (exact) mass is 436 g/mol. The number of allylic oxidation sites excluding steroid dienone is 1. The Hall–Kier alpha value is -1.89. The maximum atomic E-state index is 12.5. The van der Waals surface area contributed by atoms with Crippen LogP contribution in [-0.2, 0) is 4.74 Å². The second-order valence-corrected chi connectivity index (χ2v) is 7.61. The minimum Gasteiger partial charge on any atom is -0.478 e. The van der Waals surface area contributed by atoms with Gasteiger partial charge in [-0.25, -0.2) is 9.59 Å². The summed E-state index contributed by atoms with van der Waals surface area (Å²) < 4.78 is 6.95. The molecule has 24 heavy (non-hydrogen) atoms. The van der Waals surface area contributed by atoms with Crippen LogP contribution < -0.4 is 0 Å². The number of aromatic carboxylic acids is 1. The molecule has 2 aromatic rings. The van der Waals surface area contributed by atoms with Crippen LogP contribution in [0.25, 0.3) is 10.8 Å². The minimum atomic E-state index is -0.966. The number of benzene rings is 2. The molecule has 0 spiro atoms. The van der Waals surface area contributed by atoms with Crippen molar-refractivity contribution in [1.82, 2.24) is 0 Å². The van der Waals surface area contributed by atoms with Gasteiger partial charge in [-0.2, -0.15) is 0 Å². The molecule has 1 aliphatic rings. The number of carboxylic acid groups (broad SMARTS) is 1. The van der Waals surface area contributed by atoms with Crippen molar-refractivity contribution in [3.63, 3.8) is 0 Å². The molecule has 0 saturated heterocycles. The predicted octanol–water partition coefficient (Wildman–Crippen LogP) is 4.96. The van der Waals surface area contributed by atoms with Gasteiger partial charge in [0.05, 0.1) is 11.1 Å². The Bertz CT molecular complexity index is 856. The number of carbonyl (C=O) groups is 2. The van der Waals surface area contributed by atoms with E-state index in [0.29, 0.717) is 5.56 Å². The third kappa shape index (κ3) is 3.61. The second-order valence-electron chi connectivity index (χ2n) is 6.23. The standard InChI is InChI=1S/C19H17IO4/c1-19(8-2-3-16(20)11-19)24-18(23)15-7-5-12-9-14(17(21)22)6-4-13(12)10-15/h4-7,9-11H,2-3,8H2,1H3,(H,21,22). The highest BCUT2D eigenvalue weighted by molar-refractivity contribution is 14.1. The highest BCUT2D eigenvalue weighted by atomic mass is 127. The summed E-state index contributed by atoms with van der Waals surface area (Å²) >= 11 is 2.29. The molecule has 4 nitrogen and oxygen atoms in total. The molecule has 0 heterocycles. The van der Waals surface area contributed by atoms with Crippen LogP contribution in [-0.4, -0.2) is 22.6 Å². The van der Waals surface area contributed by atoms with Crippen LogP contribution in [0, 0.1) is 0 Å². The van der Waals surface area contributed by atoms with E-state index in [4.69, 9.17) is 9.84 Å². The van der Waals surface area contributed by atoms with E-state index in [1.165, 1.54) is 9.65 Å². The summed E-state index contributed by atoms with van der Waals surface area (Å²) in [5.41, 5.74) is 0.140. The molecular formula is C19H17IO4. The lowest BCUT2D eigenvalue weighted by molar-refractivity contribution is 0.00563. The molecule has 0 amide bonds. The van der Waals surface area contributed by atoms with Crippen molar-refractivity contribution in [3.8, 4) is 0 Å². The van der Waals surface area contributed by atoms with Crippen LogP contribution in [0.4, 0.5) is 0 Å². The summed E-state index contributed by atoms with van der Waals surface area (Å²) in [7, 11) is 0. The fourth-order valence-corrected chi connectivity index (χ4v) is 3.98. The maximum Gasteiger partial charge on any atom is 0.339 e. The van der Waals surface area contributed by atoms with E-state index in [1.54, 1.807) is 30.3 Å². The summed E-state index contributed by atoms with van der Waals surface area (Å²) in [6, 6.07) is 10.0. The van der Waals surface area contributed by atoms with Crippen molar-refractivity contribution >= 4 is 45.3 Å². The Morgan fingerprint density at radius 3 is 2.38 bits per heavy atom. The van der Waals surface area contributed by atoms with Crippen molar-refractivity contribution in [2.45, 2.75) is 31.8 Å². The fourth-order valence-electron chi connectivity index (χ4n) is 2.94. The molecule has 3 rings (SSSR count). The zero-order chi connectivity index (χ0) is 17.3. The first-order valence-corrected chi connectivity index (χ1v) is 8.82. The van der Waals surface area contributed by atoms with Crippen molar-refractivity contribution in [2.75, 3.05) is 0 Å². The average Bonchev–Trinajstić information content (AvgIpc) is 2.53. The van der Waals surface area contributed by atoms with Crippen LogP contribution in [0.15, 0.2) is 46.1 Å². The van der Waals surface area contributed by atoms with Crippen LogP contribution in [0.5, 0.6) is 0 Å². The lowest BCUT2D eigenvalue weighted by Crippen LogP contribution is -2.31. The van der Waals surface area contributed by atoms with Crippen LogP contribution in [0.1, 0.15) is 46.9 Å². The van der Waals surface area contributed by atoms with Crippen LogP contribution in [0.2, 0.25) is 0 Å². The van der Waals surface area contributed by atoms with E-state index in [9.17, 15) is 9.59 Å². The van der Waals surface area contributed by atoms with Crippen molar-refractivity contribution in [3.05, 3.63) is 57.2 Å². The quantitative estimate of drug-likeness (QED) is 0.546. The van der Waals surface area contributed by atoms with Gasteiger partial charge in [-0.1, -0.05) is 12.1 Å². The zero-order valence-electron chi connectivity index (χ0n) is 13.2. The summed E-state index contributed by atoms with van der Waals surface area (Å²) in [5.74, 6) is -1.32. The van der Waals surface area contributed by atoms with Crippen LogP contribution in [0.3, 0.4) is 0 Å². The summed E-state index contributed by atoms with van der Waals surface area (Å²) in [6.45, 7) is 1.93. The van der Waals surface area contributed by atoms with E-state index in [2.05, 4.69) is 22.6 Å². The Morgan fingerprint density at radius 1 is 1.12 bits per heavy atom. The molecule has 1 unspecified atom stereocenters. The maximum absolute atomic E-state index is 12.5. The van der Waals surface area contributed by atoms with Gasteiger partial charge in [0.15, 0.2) is 0 Å². The van der Waals surface area contributed by atoms with Gasteiger partial charge in [0.2, 0.25) is 0 Å². The van der Waals surface area contributed by atoms with E-state index in [0.717, 1.165) is 30.0 Å². The van der Waals surface area contributed by atoms with Crippen molar-refractivity contribution < 1.29 is 19.4 Å². The molecule has 0 saturated carbocycles. The molecule has 0 fully saturated rings. The Morgan fingerprint density at radius 2 is 1.75 bits per heavy atom. The van der Waals surface area contributed by atoms with E-state index < -0.39 is 11.6 Å².